The predicted octanol–water partition coefficient (Wildman–Crippen LogP) is 3.43. The van der Waals surface area contributed by atoms with E-state index >= 15 is 0 Å². The van der Waals surface area contributed by atoms with Gasteiger partial charge in [-0.05, 0) is 30.9 Å². The zero-order valence-electron chi connectivity index (χ0n) is 16.0. The minimum absolute atomic E-state index is 0. The topological polar surface area (TPSA) is 88.2 Å². The molecular weight excluding hydrogens is 455 g/mol. The summed E-state index contributed by atoms with van der Waals surface area (Å²) in [6, 6.07) is 6.13. The Morgan fingerprint density at radius 2 is 2.22 bits per heavy atom. The Labute approximate surface area is 177 Å². The molecule has 2 aromatic rings. The number of guanidine groups is 1. The Morgan fingerprint density at radius 3 is 2.96 bits per heavy atom. The summed E-state index contributed by atoms with van der Waals surface area (Å²) in [6.45, 7) is 2.98. The Kier molecular flexibility index (Phi) is 8.96. The molecule has 0 spiro atoms. The quantitative estimate of drug-likeness (QED) is 0.371. The lowest BCUT2D eigenvalue weighted by Crippen LogP contribution is -2.45. The van der Waals surface area contributed by atoms with Gasteiger partial charge in [0.05, 0.1) is 0 Å². The molecule has 7 nitrogen and oxygen atoms in total. The van der Waals surface area contributed by atoms with Crippen molar-refractivity contribution in [3.05, 3.63) is 30.2 Å². The SMILES string of the molecule is CCC1CCCC(NC(=NC)NCCc2noc(-c3ccccn3)n2)C1.I. The van der Waals surface area contributed by atoms with Crippen LogP contribution in [-0.2, 0) is 6.42 Å². The van der Waals surface area contributed by atoms with Crippen LogP contribution >= 0.6 is 24.0 Å². The summed E-state index contributed by atoms with van der Waals surface area (Å²) in [4.78, 5) is 13.0. The van der Waals surface area contributed by atoms with E-state index in [1.165, 1.54) is 32.1 Å². The van der Waals surface area contributed by atoms with Crippen LogP contribution in [0.1, 0.15) is 44.9 Å². The smallest absolute Gasteiger partial charge is 0.276 e. The van der Waals surface area contributed by atoms with E-state index < -0.39 is 0 Å². The molecule has 1 saturated carbocycles. The fraction of sp³-hybridized carbons (Fsp3) is 0.579. The number of halogens is 1. The van der Waals surface area contributed by atoms with Crippen LogP contribution in [-0.4, -0.2) is 40.7 Å². The Balaban J connectivity index is 0.00000261. The molecule has 3 rings (SSSR count). The molecule has 2 atom stereocenters. The molecule has 2 unspecified atom stereocenters. The highest BCUT2D eigenvalue weighted by molar-refractivity contribution is 14.0. The molecule has 0 radical (unpaired) electrons. The molecule has 2 heterocycles. The van der Waals surface area contributed by atoms with Crippen LogP contribution in [0.4, 0.5) is 0 Å². The summed E-state index contributed by atoms with van der Waals surface area (Å²) < 4.78 is 5.28. The first-order chi connectivity index (χ1) is 12.8. The molecule has 1 fully saturated rings. The lowest BCUT2D eigenvalue weighted by atomic mass is 9.84. The average Bonchev–Trinajstić information content (AvgIpc) is 3.17. The minimum atomic E-state index is 0. The maximum absolute atomic E-state index is 5.28. The molecule has 0 saturated heterocycles. The Morgan fingerprint density at radius 1 is 1.33 bits per heavy atom. The van der Waals surface area contributed by atoms with Gasteiger partial charge in [-0.1, -0.05) is 37.4 Å². The second-order valence-electron chi connectivity index (χ2n) is 6.76. The maximum atomic E-state index is 5.28. The standard InChI is InChI=1S/C19H28N6O.HI/c1-3-14-7-6-8-15(13-14)23-19(20-2)22-12-10-17-24-18(26-25-17)16-9-4-5-11-21-16;/h4-5,9,11,14-15H,3,6-8,10,12-13H2,1-2H3,(H2,20,22,23);1H. The summed E-state index contributed by atoms with van der Waals surface area (Å²) in [5.41, 5.74) is 0.694. The predicted molar refractivity (Wildman–Crippen MR) is 117 cm³/mol. The Bertz CT molecular complexity index is 705. The van der Waals surface area contributed by atoms with E-state index in [1.54, 1.807) is 6.20 Å². The van der Waals surface area contributed by atoms with Gasteiger partial charge >= 0.3 is 0 Å². The van der Waals surface area contributed by atoms with Gasteiger partial charge in [0.15, 0.2) is 11.8 Å². The van der Waals surface area contributed by atoms with E-state index in [9.17, 15) is 0 Å². The fourth-order valence-electron chi connectivity index (χ4n) is 3.42. The second-order valence-corrected chi connectivity index (χ2v) is 6.76. The number of nitrogens with one attached hydrogen (secondary N) is 2. The molecule has 1 aliphatic carbocycles. The number of nitrogens with zero attached hydrogens (tertiary/aromatic N) is 4. The number of aromatic nitrogens is 3. The van der Waals surface area contributed by atoms with E-state index in [1.807, 2.05) is 25.2 Å². The van der Waals surface area contributed by atoms with Gasteiger partial charge in [0.2, 0.25) is 0 Å². The third-order valence-electron chi connectivity index (χ3n) is 4.92. The molecular formula is C19H29IN6O. The Hall–Kier alpha value is -1.71. The minimum Gasteiger partial charge on any atom is -0.356 e. The van der Waals surface area contributed by atoms with E-state index in [2.05, 4.69) is 37.7 Å². The van der Waals surface area contributed by atoms with Crippen molar-refractivity contribution in [3.8, 4) is 11.6 Å². The lowest BCUT2D eigenvalue weighted by molar-refractivity contribution is 0.298. The molecule has 8 heteroatoms. The summed E-state index contributed by atoms with van der Waals surface area (Å²) in [5.74, 6) is 2.80. The number of pyridine rings is 1. The molecule has 148 valence electrons. The van der Waals surface area contributed by atoms with Crippen molar-refractivity contribution in [1.82, 2.24) is 25.8 Å². The van der Waals surface area contributed by atoms with Crippen molar-refractivity contribution >= 4 is 29.9 Å². The van der Waals surface area contributed by atoms with Crippen molar-refractivity contribution < 1.29 is 4.52 Å². The second kappa shape index (κ2) is 11.2. The molecule has 0 aromatic carbocycles. The molecule has 0 aliphatic heterocycles. The molecule has 1 aliphatic rings. The monoisotopic (exact) mass is 484 g/mol. The first kappa shape index (κ1) is 21.6. The van der Waals surface area contributed by atoms with Crippen LogP contribution in [0.25, 0.3) is 11.6 Å². The lowest BCUT2D eigenvalue weighted by Gasteiger charge is -2.30. The first-order valence-electron chi connectivity index (χ1n) is 9.49. The highest BCUT2D eigenvalue weighted by Crippen LogP contribution is 2.26. The van der Waals surface area contributed by atoms with Crippen LogP contribution in [0.5, 0.6) is 0 Å². The first-order valence-corrected chi connectivity index (χ1v) is 9.49. The normalized spacial score (nSPS) is 20.0. The van der Waals surface area contributed by atoms with E-state index in [4.69, 9.17) is 4.52 Å². The highest BCUT2D eigenvalue weighted by atomic mass is 127. The van der Waals surface area contributed by atoms with E-state index in [0.29, 0.717) is 36.4 Å². The average molecular weight is 484 g/mol. The highest BCUT2D eigenvalue weighted by Gasteiger charge is 2.21. The van der Waals surface area contributed by atoms with Crippen LogP contribution in [0, 0.1) is 5.92 Å². The zero-order valence-corrected chi connectivity index (χ0v) is 18.3. The molecule has 27 heavy (non-hydrogen) atoms. The summed E-state index contributed by atoms with van der Waals surface area (Å²) in [5, 5.41) is 10.9. The van der Waals surface area contributed by atoms with Gasteiger partial charge in [-0.3, -0.25) is 9.98 Å². The molecule has 0 bridgehead atoms. The van der Waals surface area contributed by atoms with E-state index in [-0.39, 0.29) is 24.0 Å². The van der Waals surface area contributed by atoms with Gasteiger partial charge in [0.25, 0.3) is 5.89 Å². The number of hydrogen-bond donors (Lipinski definition) is 2. The van der Waals surface area contributed by atoms with Gasteiger partial charge in [-0.25, -0.2) is 0 Å². The van der Waals surface area contributed by atoms with E-state index in [0.717, 1.165) is 11.9 Å². The third kappa shape index (κ3) is 6.44. The largest absolute Gasteiger partial charge is 0.356 e. The van der Waals surface area contributed by atoms with Gasteiger partial charge in [0, 0.05) is 32.3 Å². The van der Waals surface area contributed by atoms with Crippen molar-refractivity contribution in [3.63, 3.8) is 0 Å². The third-order valence-corrected chi connectivity index (χ3v) is 4.92. The summed E-state index contributed by atoms with van der Waals surface area (Å²) >= 11 is 0. The molecule has 2 N–H and O–H groups in total. The van der Waals surface area contributed by atoms with Crippen molar-refractivity contribution in [2.75, 3.05) is 13.6 Å². The summed E-state index contributed by atoms with van der Waals surface area (Å²) in [7, 11) is 1.81. The maximum Gasteiger partial charge on any atom is 0.276 e. The molecule has 0 amide bonds. The van der Waals surface area contributed by atoms with Gasteiger partial charge in [0.1, 0.15) is 5.69 Å². The number of rotatable bonds is 6. The van der Waals surface area contributed by atoms with Gasteiger partial charge in [-0.2, -0.15) is 4.98 Å². The molecule has 2 aromatic heterocycles. The van der Waals surface area contributed by atoms with Crippen molar-refractivity contribution in [2.24, 2.45) is 10.9 Å². The van der Waals surface area contributed by atoms with Crippen LogP contribution in [0.2, 0.25) is 0 Å². The zero-order chi connectivity index (χ0) is 18.2. The van der Waals surface area contributed by atoms with Gasteiger partial charge in [-0.15, -0.1) is 24.0 Å². The van der Waals surface area contributed by atoms with Crippen LogP contribution in [0.3, 0.4) is 0 Å². The number of aliphatic imine (C=N–C) groups is 1. The van der Waals surface area contributed by atoms with Gasteiger partial charge < -0.3 is 15.2 Å². The van der Waals surface area contributed by atoms with Crippen LogP contribution < -0.4 is 10.6 Å². The van der Waals surface area contributed by atoms with Crippen molar-refractivity contribution in [1.29, 1.82) is 0 Å². The number of hydrogen-bond acceptors (Lipinski definition) is 5. The van der Waals surface area contributed by atoms with Crippen LogP contribution in [0.15, 0.2) is 33.9 Å². The summed E-state index contributed by atoms with van der Waals surface area (Å²) in [6.07, 6.45) is 8.75. The van der Waals surface area contributed by atoms with Crippen molar-refractivity contribution in [2.45, 2.75) is 51.5 Å². The fourth-order valence-corrected chi connectivity index (χ4v) is 3.42.